The number of aromatic amines is 1. The highest BCUT2D eigenvalue weighted by Crippen LogP contribution is 2.40. The molecule has 0 bridgehead atoms. The number of piperidine rings is 1. The van der Waals surface area contributed by atoms with E-state index in [1.165, 1.54) is 31.5 Å². The number of hydrogen-bond donors (Lipinski definition) is 1. The summed E-state index contributed by atoms with van der Waals surface area (Å²) < 4.78 is 15.0. The quantitative estimate of drug-likeness (QED) is 0.446. The van der Waals surface area contributed by atoms with E-state index in [0.717, 1.165) is 58.2 Å². The summed E-state index contributed by atoms with van der Waals surface area (Å²) in [6, 6.07) is 6.55. The van der Waals surface area contributed by atoms with Crippen LogP contribution in [-0.2, 0) is 0 Å². The number of hydrogen-bond acceptors (Lipinski definition) is 5. The van der Waals surface area contributed by atoms with Crippen molar-refractivity contribution in [3.63, 3.8) is 0 Å². The van der Waals surface area contributed by atoms with Gasteiger partial charge in [0.05, 0.1) is 15.6 Å². The highest BCUT2D eigenvalue weighted by atomic mass is 32.1. The topological polar surface area (TPSA) is 52.2 Å². The molecule has 0 aliphatic carbocycles. The first kappa shape index (κ1) is 20.4. The van der Waals surface area contributed by atoms with Crippen molar-refractivity contribution in [3.05, 3.63) is 46.6 Å². The average molecular weight is 439 g/mol. The second-order valence-corrected chi connectivity index (χ2v) is 9.35. The maximum atomic E-state index is 14.0. The molecule has 2 aromatic carbocycles. The lowest BCUT2D eigenvalue weighted by Gasteiger charge is -2.34. The van der Waals surface area contributed by atoms with Crippen molar-refractivity contribution < 1.29 is 4.39 Å². The number of nitrogens with zero attached hydrogens (tertiary/aromatic N) is 3. The van der Waals surface area contributed by atoms with Gasteiger partial charge in [-0.2, -0.15) is 0 Å². The molecule has 1 aliphatic rings. The highest BCUT2D eigenvalue weighted by Gasteiger charge is 2.24. The van der Waals surface area contributed by atoms with Gasteiger partial charge in [0.1, 0.15) is 5.82 Å². The Bertz CT molecular complexity index is 1300. The largest absolute Gasteiger partial charge is 0.348 e. The van der Waals surface area contributed by atoms with Gasteiger partial charge >= 0.3 is 0 Å². The molecule has 0 unspecified atom stereocenters. The van der Waals surface area contributed by atoms with E-state index in [0.29, 0.717) is 10.8 Å². The van der Waals surface area contributed by atoms with Gasteiger partial charge in [-0.15, -0.1) is 0 Å². The predicted octanol–water partition coefficient (Wildman–Crippen LogP) is 4.99. The summed E-state index contributed by atoms with van der Waals surface area (Å²) in [6.45, 7) is 9.83. The molecular formula is C24H27FN4OS. The molecule has 2 aromatic heterocycles. The molecule has 1 fully saturated rings. The number of rotatable bonds is 5. The Morgan fingerprint density at radius 1 is 1.16 bits per heavy atom. The van der Waals surface area contributed by atoms with Crippen LogP contribution in [0.4, 0.5) is 9.52 Å². The predicted molar refractivity (Wildman–Crippen MR) is 128 cm³/mol. The monoisotopic (exact) mass is 438 g/mol. The van der Waals surface area contributed by atoms with Gasteiger partial charge in [-0.05, 0) is 56.1 Å². The van der Waals surface area contributed by atoms with Crippen molar-refractivity contribution in [2.75, 3.05) is 37.6 Å². The van der Waals surface area contributed by atoms with Crippen molar-refractivity contribution in [1.29, 1.82) is 0 Å². The van der Waals surface area contributed by atoms with Crippen LogP contribution < -0.4 is 10.5 Å². The van der Waals surface area contributed by atoms with E-state index < -0.39 is 0 Å². The third kappa shape index (κ3) is 3.59. The zero-order valence-corrected chi connectivity index (χ0v) is 18.8. The lowest BCUT2D eigenvalue weighted by Crippen LogP contribution is -2.38. The van der Waals surface area contributed by atoms with Crippen LogP contribution in [0.2, 0.25) is 0 Å². The Kier molecular flexibility index (Phi) is 5.40. The number of fused-ring (bicyclic) bond motifs is 6. The summed E-state index contributed by atoms with van der Waals surface area (Å²) >= 11 is 1.64. The van der Waals surface area contributed by atoms with E-state index in [9.17, 15) is 9.18 Å². The van der Waals surface area contributed by atoms with Gasteiger partial charge in [-0.3, -0.25) is 4.79 Å². The molecule has 7 heteroatoms. The minimum absolute atomic E-state index is 0.192. The van der Waals surface area contributed by atoms with Gasteiger partial charge in [0.25, 0.3) is 5.56 Å². The fraction of sp³-hybridized carbons (Fsp3) is 0.417. The smallest absolute Gasteiger partial charge is 0.256 e. The first-order valence-electron chi connectivity index (χ1n) is 11.1. The van der Waals surface area contributed by atoms with Gasteiger partial charge in [0.2, 0.25) is 0 Å². The zero-order chi connectivity index (χ0) is 21.5. The van der Waals surface area contributed by atoms with E-state index in [1.807, 2.05) is 6.07 Å². The number of benzene rings is 2. The molecule has 0 radical (unpaired) electrons. The first-order chi connectivity index (χ1) is 15.1. The minimum atomic E-state index is -0.345. The lowest BCUT2D eigenvalue weighted by molar-refractivity contribution is 0.229. The standard InChI is InChI=1S/C24H27FN4OS/c1-3-28(4-2)14-15-8-11-29(12-9-15)24-27-21-17-6-5-16(25)13-19(17)20-18(22(21)31-24)7-10-26-23(20)30/h5-7,10,13,15H,3-4,8-9,11-12,14H2,1-2H3,(H,26,30). The van der Waals surface area contributed by atoms with Crippen molar-refractivity contribution in [2.45, 2.75) is 26.7 Å². The Hall–Kier alpha value is -2.51. The van der Waals surface area contributed by atoms with Crippen LogP contribution in [0.5, 0.6) is 0 Å². The van der Waals surface area contributed by atoms with Gasteiger partial charge in [-0.25, -0.2) is 9.37 Å². The molecule has 0 spiro atoms. The highest BCUT2D eigenvalue weighted by molar-refractivity contribution is 7.23. The molecular weight excluding hydrogens is 411 g/mol. The molecule has 3 heterocycles. The Balaban J connectivity index is 1.54. The van der Waals surface area contributed by atoms with Crippen molar-refractivity contribution in [2.24, 2.45) is 5.92 Å². The first-order valence-corrected chi connectivity index (χ1v) is 11.9. The maximum absolute atomic E-state index is 14.0. The second kappa shape index (κ2) is 8.20. The van der Waals surface area contributed by atoms with E-state index in [2.05, 4.69) is 28.6 Å². The molecule has 4 aromatic rings. The molecule has 0 saturated carbocycles. The molecule has 0 atom stereocenters. The summed E-state index contributed by atoms with van der Waals surface area (Å²) in [7, 11) is 0. The lowest BCUT2D eigenvalue weighted by atomic mass is 9.96. The van der Waals surface area contributed by atoms with Crippen LogP contribution in [0.3, 0.4) is 0 Å². The molecule has 162 valence electrons. The maximum Gasteiger partial charge on any atom is 0.256 e. The summed E-state index contributed by atoms with van der Waals surface area (Å²) in [6.07, 6.45) is 3.99. The molecule has 5 nitrogen and oxygen atoms in total. The van der Waals surface area contributed by atoms with Crippen LogP contribution in [0, 0.1) is 11.7 Å². The summed E-state index contributed by atoms with van der Waals surface area (Å²) in [5.74, 6) is 0.385. The van der Waals surface area contributed by atoms with Crippen LogP contribution in [-0.4, -0.2) is 47.6 Å². The fourth-order valence-corrected chi connectivity index (χ4v) is 5.99. The number of anilines is 1. The fourth-order valence-electron chi connectivity index (χ4n) is 4.83. The number of thiazole rings is 1. The molecule has 31 heavy (non-hydrogen) atoms. The summed E-state index contributed by atoms with van der Waals surface area (Å²) in [5.41, 5.74) is 0.667. The minimum Gasteiger partial charge on any atom is -0.348 e. The van der Waals surface area contributed by atoms with Gasteiger partial charge < -0.3 is 14.8 Å². The van der Waals surface area contributed by atoms with E-state index in [4.69, 9.17) is 4.98 Å². The summed E-state index contributed by atoms with van der Waals surface area (Å²) in [4.78, 5) is 25.2. The average Bonchev–Trinajstić information content (AvgIpc) is 3.23. The number of aromatic nitrogens is 2. The van der Waals surface area contributed by atoms with Crippen molar-refractivity contribution in [1.82, 2.24) is 14.9 Å². The molecule has 1 saturated heterocycles. The third-order valence-electron chi connectivity index (χ3n) is 6.62. The van der Waals surface area contributed by atoms with E-state index in [-0.39, 0.29) is 11.4 Å². The normalized spacial score (nSPS) is 15.7. The second-order valence-electron chi connectivity index (χ2n) is 8.38. The SMILES string of the molecule is CCN(CC)CC1CCN(c2nc3c4ccc(F)cc4c4c(=O)[nH]ccc4c3s2)CC1. The van der Waals surface area contributed by atoms with Gasteiger partial charge in [0, 0.05) is 42.0 Å². The van der Waals surface area contributed by atoms with Crippen molar-refractivity contribution >= 4 is 48.2 Å². The number of pyridine rings is 1. The Labute approximate surface area is 184 Å². The van der Waals surface area contributed by atoms with Crippen LogP contribution in [0.25, 0.3) is 31.8 Å². The Morgan fingerprint density at radius 2 is 1.94 bits per heavy atom. The van der Waals surface area contributed by atoms with Crippen LogP contribution in [0.1, 0.15) is 26.7 Å². The number of halogens is 1. The zero-order valence-electron chi connectivity index (χ0n) is 17.9. The number of H-pyrrole nitrogens is 1. The third-order valence-corrected chi connectivity index (χ3v) is 7.77. The molecule has 1 aliphatic heterocycles. The molecule has 5 rings (SSSR count). The van der Waals surface area contributed by atoms with Crippen LogP contribution in [0.15, 0.2) is 35.3 Å². The van der Waals surface area contributed by atoms with E-state index in [1.54, 1.807) is 23.6 Å². The van der Waals surface area contributed by atoms with E-state index >= 15 is 0 Å². The summed E-state index contributed by atoms with van der Waals surface area (Å²) in [5, 5.41) is 3.84. The molecule has 1 N–H and O–H groups in total. The number of nitrogens with one attached hydrogen (secondary N) is 1. The Morgan fingerprint density at radius 3 is 2.68 bits per heavy atom. The van der Waals surface area contributed by atoms with Crippen LogP contribution >= 0.6 is 11.3 Å². The van der Waals surface area contributed by atoms with Gasteiger partial charge in [0.15, 0.2) is 5.13 Å². The van der Waals surface area contributed by atoms with Crippen molar-refractivity contribution in [3.8, 4) is 0 Å². The molecule has 0 amide bonds. The van der Waals surface area contributed by atoms with Gasteiger partial charge in [-0.1, -0.05) is 25.2 Å².